The number of phosphoric acid groups is 3. The zero-order valence-corrected chi connectivity index (χ0v) is 23.0. The average Bonchev–Trinajstić information content (AvgIpc) is 3.35. The van der Waals surface area contributed by atoms with Crippen LogP contribution in [0.2, 0.25) is 0 Å². The summed E-state index contributed by atoms with van der Waals surface area (Å²) in [6, 6.07) is -1.35. The van der Waals surface area contributed by atoms with Crippen LogP contribution in [0.4, 0.5) is 5.82 Å². The third kappa shape index (κ3) is 7.60. The van der Waals surface area contributed by atoms with E-state index in [0.29, 0.717) is 6.42 Å². The molecule has 20 nitrogen and oxygen atoms in total. The molecular weight excluding hydrogens is 589 g/mol. The number of nitrogens with two attached hydrogens (primary N) is 1. The summed E-state index contributed by atoms with van der Waals surface area (Å²) in [5.74, 6) is 0.0444. The van der Waals surface area contributed by atoms with Crippen molar-refractivity contribution >= 4 is 40.4 Å². The van der Waals surface area contributed by atoms with E-state index in [4.69, 9.17) is 20.3 Å². The first-order chi connectivity index (χ1) is 18.1. The molecule has 3 heterocycles. The fraction of sp³-hybridized carbons (Fsp3) is 0.688. The van der Waals surface area contributed by atoms with Crippen LogP contribution in [0.25, 0.3) is 21.6 Å². The highest BCUT2D eigenvalue weighted by Gasteiger charge is 2.56. The van der Waals surface area contributed by atoms with Gasteiger partial charge in [-0.3, -0.25) is 9.09 Å². The van der Waals surface area contributed by atoms with Gasteiger partial charge in [0.2, 0.25) is 0 Å². The molecule has 23 heteroatoms. The lowest BCUT2D eigenvalue weighted by Crippen LogP contribution is -2.44. The second-order valence-corrected chi connectivity index (χ2v) is 12.8. The highest BCUT2D eigenvalue weighted by molar-refractivity contribution is 7.66. The van der Waals surface area contributed by atoms with Crippen LogP contribution < -0.4 is 5.73 Å². The average molecular weight is 616 g/mol. The van der Waals surface area contributed by atoms with Crippen molar-refractivity contribution in [2.24, 2.45) is 5.11 Å². The summed E-state index contributed by atoms with van der Waals surface area (Å²) in [7, 11) is -16.9. The molecule has 218 valence electrons. The minimum Gasteiger partial charge on any atom is -0.390 e. The van der Waals surface area contributed by atoms with Crippen LogP contribution in [0.1, 0.15) is 39.0 Å². The largest absolute Gasteiger partial charge is 0.490 e. The maximum Gasteiger partial charge on any atom is 0.490 e. The van der Waals surface area contributed by atoms with Gasteiger partial charge < -0.3 is 35.2 Å². The number of nitrogen functional groups attached to an aromatic ring is 1. The van der Waals surface area contributed by atoms with Crippen molar-refractivity contribution in [3.05, 3.63) is 23.1 Å². The molecule has 1 aliphatic rings. The van der Waals surface area contributed by atoms with Crippen LogP contribution in [-0.4, -0.2) is 69.1 Å². The number of phosphoric ester groups is 1. The number of imidazole rings is 1. The highest BCUT2D eigenvalue weighted by Crippen LogP contribution is 2.66. The number of aliphatic hydroxyl groups excluding tert-OH is 1. The standard InChI is InChI=1S/C16H27N8O12P3/c1-2-3-4-5-6-16(24-9-21-11-14(17)19-8-20-15(11)24)13(22-23-18)12(25)10(34-16)7-33-38(29,30)36-39(31,32)35-37(26,27)28/h8-10,12-13,25H,2-7H2,1H3,(H,29,30)(H,31,32)(H2,17,19,20)(H2,26,27,28)/t10-,12-,13-,16-/m1/s1. The topological polar surface area (TPSA) is 308 Å². The number of aromatic nitrogens is 4. The summed E-state index contributed by atoms with van der Waals surface area (Å²) < 4.78 is 54.2. The zero-order chi connectivity index (χ0) is 29.1. The van der Waals surface area contributed by atoms with Gasteiger partial charge in [0, 0.05) is 4.91 Å². The molecule has 6 atom stereocenters. The van der Waals surface area contributed by atoms with E-state index < -0.39 is 54.0 Å². The maximum atomic E-state index is 12.2. The lowest BCUT2D eigenvalue weighted by molar-refractivity contribution is -0.123. The lowest BCUT2D eigenvalue weighted by Gasteiger charge is -2.34. The molecule has 2 aromatic rings. The Balaban J connectivity index is 1.94. The molecular formula is C16H27N8O12P3. The van der Waals surface area contributed by atoms with Gasteiger partial charge in [-0.15, -0.1) is 0 Å². The number of nitrogens with zero attached hydrogens (tertiary/aromatic N) is 7. The Labute approximate surface area is 220 Å². The van der Waals surface area contributed by atoms with Crippen LogP contribution in [0.15, 0.2) is 17.8 Å². The van der Waals surface area contributed by atoms with Crippen LogP contribution in [0.3, 0.4) is 0 Å². The summed E-state index contributed by atoms with van der Waals surface area (Å²) in [5.41, 5.74) is 13.9. The third-order valence-electron chi connectivity index (χ3n) is 5.67. The number of rotatable bonds is 14. The first kappa shape index (κ1) is 31.5. The fourth-order valence-electron chi connectivity index (χ4n) is 4.15. The summed E-state index contributed by atoms with van der Waals surface area (Å²) in [6.07, 6.45) is 2.47. The van der Waals surface area contributed by atoms with E-state index >= 15 is 0 Å². The molecule has 0 spiro atoms. The molecule has 1 aliphatic heterocycles. The van der Waals surface area contributed by atoms with E-state index in [0.717, 1.165) is 19.3 Å². The molecule has 2 unspecified atom stereocenters. The van der Waals surface area contributed by atoms with E-state index in [2.05, 4.69) is 38.1 Å². The van der Waals surface area contributed by atoms with E-state index in [1.54, 1.807) is 0 Å². The predicted molar refractivity (Wildman–Crippen MR) is 130 cm³/mol. The van der Waals surface area contributed by atoms with Gasteiger partial charge in [-0.25, -0.2) is 28.6 Å². The van der Waals surface area contributed by atoms with Crippen LogP contribution >= 0.6 is 23.5 Å². The van der Waals surface area contributed by atoms with Crippen molar-refractivity contribution in [1.29, 1.82) is 0 Å². The predicted octanol–water partition coefficient (Wildman–Crippen LogP) is 1.81. The van der Waals surface area contributed by atoms with Gasteiger partial charge in [0.25, 0.3) is 0 Å². The van der Waals surface area contributed by atoms with Gasteiger partial charge >= 0.3 is 23.5 Å². The monoisotopic (exact) mass is 616 g/mol. The minimum atomic E-state index is -5.76. The number of aliphatic hydroxyl groups is 1. The summed E-state index contributed by atoms with van der Waals surface area (Å²) in [5, 5.41) is 14.7. The first-order valence-electron chi connectivity index (χ1n) is 11.3. The van der Waals surface area contributed by atoms with Crippen molar-refractivity contribution < 1.29 is 56.3 Å². The molecule has 0 radical (unpaired) electrons. The molecule has 1 saturated heterocycles. The quantitative estimate of drug-likeness (QED) is 0.0579. The number of hydrogen-bond donors (Lipinski definition) is 6. The smallest absolute Gasteiger partial charge is 0.390 e. The molecule has 7 N–H and O–H groups in total. The third-order valence-corrected chi connectivity index (χ3v) is 9.48. The van der Waals surface area contributed by atoms with Gasteiger partial charge in [-0.1, -0.05) is 31.3 Å². The molecule has 1 fully saturated rings. The minimum absolute atomic E-state index is 0.0444. The molecule has 39 heavy (non-hydrogen) atoms. The van der Waals surface area contributed by atoms with Gasteiger partial charge in [-0.05, 0) is 18.4 Å². The molecule has 0 bridgehead atoms. The first-order valence-corrected chi connectivity index (χ1v) is 15.8. The van der Waals surface area contributed by atoms with Crippen LogP contribution in [-0.2, 0) is 37.3 Å². The van der Waals surface area contributed by atoms with E-state index in [1.165, 1.54) is 17.2 Å². The molecule has 0 aliphatic carbocycles. The molecule has 0 saturated carbocycles. The maximum absolute atomic E-state index is 12.2. The number of azide groups is 1. The SMILES string of the molecule is CCCCCC[C@@]1(n2cnc3c(N)ncnc32)O[C@H](COP(=O)(O)OP(=O)(O)OP(=O)(O)O)[C@@H](O)[C@H]1N=[N+]=[N-]. The Bertz CT molecular complexity index is 1370. The van der Waals surface area contributed by atoms with Crippen molar-refractivity contribution in [3.63, 3.8) is 0 Å². The van der Waals surface area contributed by atoms with Gasteiger partial charge in [0.05, 0.1) is 19.0 Å². The van der Waals surface area contributed by atoms with Gasteiger partial charge in [0.15, 0.2) is 17.2 Å². The van der Waals surface area contributed by atoms with E-state index in [1.807, 2.05) is 6.92 Å². The van der Waals surface area contributed by atoms with E-state index in [9.17, 15) is 34.1 Å². The van der Waals surface area contributed by atoms with Gasteiger partial charge in [0.1, 0.15) is 24.0 Å². The zero-order valence-electron chi connectivity index (χ0n) is 20.3. The number of fused-ring (bicyclic) bond motifs is 1. The lowest BCUT2D eigenvalue weighted by atomic mass is 9.94. The van der Waals surface area contributed by atoms with Crippen LogP contribution in [0, 0.1) is 0 Å². The van der Waals surface area contributed by atoms with E-state index in [-0.39, 0.29) is 23.4 Å². The number of anilines is 1. The Morgan fingerprint density at radius 1 is 1.15 bits per heavy atom. The Morgan fingerprint density at radius 2 is 1.87 bits per heavy atom. The summed E-state index contributed by atoms with van der Waals surface area (Å²) in [4.78, 5) is 51.6. The van der Waals surface area contributed by atoms with Crippen molar-refractivity contribution in [1.82, 2.24) is 19.5 Å². The summed E-state index contributed by atoms with van der Waals surface area (Å²) >= 11 is 0. The normalized spacial score (nSPS) is 26.7. The Kier molecular flexibility index (Phi) is 9.89. The molecule has 0 aromatic carbocycles. The second kappa shape index (κ2) is 12.2. The number of ether oxygens (including phenoxy) is 1. The van der Waals surface area contributed by atoms with Crippen molar-refractivity contribution in [2.45, 2.75) is 63.0 Å². The Hall–Kier alpha value is -2.01. The van der Waals surface area contributed by atoms with Crippen molar-refractivity contribution in [3.8, 4) is 0 Å². The molecule has 2 aromatic heterocycles. The molecule has 3 rings (SSSR count). The van der Waals surface area contributed by atoms with Gasteiger partial charge in [-0.2, -0.15) is 8.62 Å². The fourth-order valence-corrected chi connectivity index (χ4v) is 7.18. The number of unbranched alkanes of at least 4 members (excludes halogenated alkanes) is 3. The number of hydrogen-bond acceptors (Lipinski definition) is 13. The van der Waals surface area contributed by atoms with Crippen LogP contribution in [0.5, 0.6) is 0 Å². The highest BCUT2D eigenvalue weighted by atomic mass is 31.3. The van der Waals surface area contributed by atoms with Crippen molar-refractivity contribution in [2.75, 3.05) is 12.3 Å². The molecule has 0 amide bonds. The Morgan fingerprint density at radius 3 is 2.51 bits per heavy atom. The second-order valence-electron chi connectivity index (χ2n) is 8.38. The summed E-state index contributed by atoms with van der Waals surface area (Å²) in [6.45, 7) is 1.03.